The number of rotatable bonds is 2. The molecule has 0 aliphatic carbocycles. The number of halogens is 1. The van der Waals surface area contributed by atoms with E-state index >= 15 is 0 Å². The number of nitrogens with zero attached hydrogens (tertiary/aromatic N) is 3. The van der Waals surface area contributed by atoms with Gasteiger partial charge in [-0.25, -0.2) is 0 Å². The van der Waals surface area contributed by atoms with Crippen LogP contribution in [0.3, 0.4) is 0 Å². The maximum absolute atomic E-state index is 6.03. The smallest absolute Gasteiger partial charge is 0.140 e. The first-order valence-electron chi connectivity index (χ1n) is 7.75. The number of aliphatic imine (C=N–C) groups is 1. The zero-order valence-corrected chi connectivity index (χ0v) is 14.2. The minimum absolute atomic E-state index is 0.0296. The summed E-state index contributed by atoms with van der Waals surface area (Å²) < 4.78 is 5.42. The summed E-state index contributed by atoms with van der Waals surface area (Å²) in [5.41, 5.74) is 7.21. The molecule has 0 radical (unpaired) electrons. The van der Waals surface area contributed by atoms with Gasteiger partial charge in [0.05, 0.1) is 25.1 Å². The van der Waals surface area contributed by atoms with E-state index in [0.717, 1.165) is 34.1 Å². The molecular formula is C18H17ClN4O. The highest BCUT2D eigenvalue weighted by atomic mass is 35.5. The van der Waals surface area contributed by atoms with Gasteiger partial charge in [-0.15, -0.1) is 0 Å². The van der Waals surface area contributed by atoms with Gasteiger partial charge < -0.3 is 9.64 Å². The summed E-state index contributed by atoms with van der Waals surface area (Å²) >= 11 is 6.03. The van der Waals surface area contributed by atoms with E-state index < -0.39 is 0 Å². The third-order valence-electron chi connectivity index (χ3n) is 4.29. The fourth-order valence-electron chi connectivity index (χ4n) is 3.13. The number of benzene rings is 2. The van der Waals surface area contributed by atoms with Crippen molar-refractivity contribution in [3.8, 4) is 5.75 Å². The largest absolute Gasteiger partial charge is 0.497 e. The normalized spacial score (nSPS) is 18.8. The molecule has 24 heavy (non-hydrogen) atoms. The average molecular weight is 341 g/mol. The van der Waals surface area contributed by atoms with Gasteiger partial charge in [-0.1, -0.05) is 23.7 Å². The number of anilines is 1. The molecule has 4 rings (SSSR count). The third kappa shape index (κ3) is 2.41. The van der Waals surface area contributed by atoms with Gasteiger partial charge in [-0.3, -0.25) is 10.4 Å². The van der Waals surface area contributed by atoms with Crippen molar-refractivity contribution in [1.29, 1.82) is 0 Å². The monoisotopic (exact) mass is 340 g/mol. The van der Waals surface area contributed by atoms with Crippen LogP contribution in [0.15, 0.2) is 52.6 Å². The Morgan fingerprint density at radius 1 is 1.21 bits per heavy atom. The minimum atomic E-state index is 0.0296. The fraction of sp³-hybridized carbons (Fsp3) is 0.222. The van der Waals surface area contributed by atoms with E-state index in [1.54, 1.807) is 7.11 Å². The molecule has 0 spiro atoms. The van der Waals surface area contributed by atoms with Crippen LogP contribution in [0.5, 0.6) is 5.75 Å². The first kappa shape index (κ1) is 15.0. The molecule has 1 N–H and O–H groups in total. The topological polar surface area (TPSA) is 49.2 Å². The van der Waals surface area contributed by atoms with Crippen molar-refractivity contribution in [1.82, 2.24) is 5.43 Å². The predicted octanol–water partition coefficient (Wildman–Crippen LogP) is 3.27. The van der Waals surface area contributed by atoms with E-state index in [1.807, 2.05) is 43.3 Å². The van der Waals surface area contributed by atoms with E-state index in [-0.39, 0.29) is 6.17 Å². The van der Waals surface area contributed by atoms with Crippen molar-refractivity contribution in [2.24, 2.45) is 10.1 Å². The Morgan fingerprint density at radius 3 is 2.75 bits per heavy atom. The molecule has 2 aliphatic rings. The number of nitrogens with one attached hydrogen (secondary N) is 1. The second kappa shape index (κ2) is 5.83. The molecule has 0 fully saturated rings. The first-order chi connectivity index (χ1) is 11.7. The lowest BCUT2D eigenvalue weighted by Crippen LogP contribution is -2.41. The summed E-state index contributed by atoms with van der Waals surface area (Å²) in [6.07, 6.45) is 0.0296. The molecule has 1 unspecified atom stereocenters. The van der Waals surface area contributed by atoms with Crippen molar-refractivity contribution >= 4 is 28.8 Å². The Kier molecular flexibility index (Phi) is 3.65. The molecule has 5 nitrogen and oxygen atoms in total. The summed E-state index contributed by atoms with van der Waals surface area (Å²) in [6, 6.07) is 13.8. The molecule has 6 heteroatoms. The third-order valence-corrected chi connectivity index (χ3v) is 4.55. The second-order valence-corrected chi connectivity index (χ2v) is 6.19. The molecule has 1 atom stereocenters. The first-order valence-corrected chi connectivity index (χ1v) is 8.13. The van der Waals surface area contributed by atoms with Crippen LogP contribution in [0, 0.1) is 0 Å². The summed E-state index contributed by atoms with van der Waals surface area (Å²) in [7, 11) is 1.67. The highest BCUT2D eigenvalue weighted by Gasteiger charge is 2.31. The molecular weight excluding hydrogens is 324 g/mol. The van der Waals surface area contributed by atoms with Gasteiger partial charge in [0.15, 0.2) is 0 Å². The Balaban J connectivity index is 1.90. The Labute approximate surface area is 145 Å². The Bertz CT molecular complexity index is 845. The molecule has 2 heterocycles. The van der Waals surface area contributed by atoms with E-state index in [9.17, 15) is 0 Å². The van der Waals surface area contributed by atoms with Crippen molar-refractivity contribution in [3.63, 3.8) is 0 Å². The maximum atomic E-state index is 6.03. The fourth-order valence-corrected chi connectivity index (χ4v) is 3.26. The summed E-state index contributed by atoms with van der Waals surface area (Å²) in [5, 5.41) is 5.06. The van der Waals surface area contributed by atoms with Crippen LogP contribution < -0.4 is 15.1 Å². The number of amidine groups is 1. The van der Waals surface area contributed by atoms with Crippen LogP contribution >= 0.6 is 11.6 Å². The number of hydrogen-bond donors (Lipinski definition) is 1. The van der Waals surface area contributed by atoms with E-state index in [2.05, 4.69) is 21.5 Å². The molecule has 0 saturated carbocycles. The lowest BCUT2D eigenvalue weighted by Gasteiger charge is -2.25. The molecule has 122 valence electrons. The molecule has 0 bridgehead atoms. The van der Waals surface area contributed by atoms with Gasteiger partial charge in [0.1, 0.15) is 17.8 Å². The van der Waals surface area contributed by atoms with Crippen LogP contribution in [0.4, 0.5) is 5.69 Å². The second-order valence-electron chi connectivity index (χ2n) is 5.75. The lowest BCUT2D eigenvalue weighted by atomic mass is 9.99. The van der Waals surface area contributed by atoms with Gasteiger partial charge in [-0.05, 0) is 37.3 Å². The highest BCUT2D eigenvalue weighted by Crippen LogP contribution is 2.33. The summed E-state index contributed by atoms with van der Waals surface area (Å²) in [6.45, 7) is 2.60. The van der Waals surface area contributed by atoms with E-state index in [1.165, 1.54) is 0 Å². The van der Waals surface area contributed by atoms with E-state index in [0.29, 0.717) is 11.6 Å². The standard InChI is InChI=1S/C18H17ClN4O/c1-11-21-22-17-10-20-18(12-3-5-13(19)6-4-12)15-9-14(24-2)7-8-16(15)23(11)17/h3-9,17,22H,10H2,1-2H3. The van der Waals surface area contributed by atoms with Crippen LogP contribution in [-0.4, -0.2) is 31.4 Å². The Morgan fingerprint density at radius 2 is 2.00 bits per heavy atom. The van der Waals surface area contributed by atoms with Crippen molar-refractivity contribution < 1.29 is 4.74 Å². The van der Waals surface area contributed by atoms with Crippen molar-refractivity contribution in [2.75, 3.05) is 18.6 Å². The van der Waals surface area contributed by atoms with Gasteiger partial charge in [0.2, 0.25) is 0 Å². The van der Waals surface area contributed by atoms with Gasteiger partial charge in [-0.2, -0.15) is 5.10 Å². The van der Waals surface area contributed by atoms with Crippen molar-refractivity contribution in [3.05, 3.63) is 58.6 Å². The molecule has 2 aliphatic heterocycles. The minimum Gasteiger partial charge on any atom is -0.497 e. The highest BCUT2D eigenvalue weighted by molar-refractivity contribution is 6.30. The van der Waals surface area contributed by atoms with Gasteiger partial charge in [0, 0.05) is 16.1 Å². The Hall–Kier alpha value is -2.53. The van der Waals surface area contributed by atoms with Gasteiger partial charge in [0.25, 0.3) is 0 Å². The van der Waals surface area contributed by atoms with Crippen LogP contribution in [0.1, 0.15) is 18.1 Å². The molecule has 0 amide bonds. The van der Waals surface area contributed by atoms with Crippen LogP contribution in [-0.2, 0) is 0 Å². The van der Waals surface area contributed by atoms with Gasteiger partial charge >= 0.3 is 0 Å². The number of hydrazone groups is 1. The van der Waals surface area contributed by atoms with E-state index in [4.69, 9.17) is 21.3 Å². The summed E-state index contributed by atoms with van der Waals surface area (Å²) in [4.78, 5) is 7.04. The number of methoxy groups -OCH3 is 1. The molecule has 2 aromatic carbocycles. The maximum Gasteiger partial charge on any atom is 0.140 e. The predicted molar refractivity (Wildman–Crippen MR) is 97.5 cm³/mol. The SMILES string of the molecule is COc1ccc2c(c1)C(c1ccc(Cl)cc1)=NCC1NN=C(C)N21. The van der Waals surface area contributed by atoms with Crippen LogP contribution in [0.25, 0.3) is 0 Å². The molecule has 0 saturated heterocycles. The zero-order chi connectivity index (χ0) is 16.7. The zero-order valence-electron chi connectivity index (χ0n) is 13.5. The summed E-state index contributed by atoms with van der Waals surface area (Å²) in [5.74, 6) is 1.73. The number of hydrogen-bond acceptors (Lipinski definition) is 5. The number of fused-ring (bicyclic) bond motifs is 3. The quantitative estimate of drug-likeness (QED) is 0.912. The molecule has 0 aromatic heterocycles. The lowest BCUT2D eigenvalue weighted by molar-refractivity contribution is 0.414. The average Bonchev–Trinajstić information content (AvgIpc) is 2.88. The molecule has 2 aromatic rings. The van der Waals surface area contributed by atoms with Crippen molar-refractivity contribution in [2.45, 2.75) is 13.1 Å². The number of ether oxygens (including phenoxy) is 1. The van der Waals surface area contributed by atoms with Crippen LogP contribution in [0.2, 0.25) is 5.02 Å².